The molecule has 1 amide bonds. The molecule has 7 nitrogen and oxygen atoms in total. The van der Waals surface area contributed by atoms with Gasteiger partial charge in [0, 0.05) is 6.54 Å². The first-order valence-corrected chi connectivity index (χ1v) is 11.4. The highest BCUT2D eigenvalue weighted by Crippen LogP contribution is 2.38. The van der Waals surface area contributed by atoms with Gasteiger partial charge in [0.05, 0.1) is 11.7 Å². The van der Waals surface area contributed by atoms with Crippen LogP contribution in [0.25, 0.3) is 0 Å². The minimum absolute atomic E-state index is 0.0316. The summed E-state index contributed by atoms with van der Waals surface area (Å²) in [6, 6.07) is 7.04. The van der Waals surface area contributed by atoms with E-state index in [0.29, 0.717) is 18.9 Å². The molecular formula is C19H15F3N4O3S2. The first kappa shape index (κ1) is 21.4. The Kier molecular flexibility index (Phi) is 5.77. The van der Waals surface area contributed by atoms with Gasteiger partial charge in [-0.3, -0.25) is 4.79 Å². The minimum Gasteiger partial charge on any atom is -0.317 e. The third-order valence-corrected chi connectivity index (χ3v) is 7.67. The molecule has 1 atom stereocenters. The van der Waals surface area contributed by atoms with E-state index in [4.69, 9.17) is 0 Å². The van der Waals surface area contributed by atoms with E-state index in [1.807, 2.05) is 0 Å². The summed E-state index contributed by atoms with van der Waals surface area (Å²) in [5, 5.41) is 10.2. The summed E-state index contributed by atoms with van der Waals surface area (Å²) in [6.07, 6.45) is 0.844. The van der Waals surface area contributed by atoms with E-state index in [9.17, 15) is 26.4 Å². The van der Waals surface area contributed by atoms with Gasteiger partial charge in [-0.1, -0.05) is 23.5 Å². The molecule has 0 saturated carbocycles. The van der Waals surface area contributed by atoms with Crippen LogP contribution in [0.15, 0.2) is 47.4 Å². The Balaban J connectivity index is 1.59. The lowest BCUT2D eigenvalue weighted by Gasteiger charge is -2.22. The van der Waals surface area contributed by atoms with E-state index in [-0.39, 0.29) is 22.2 Å². The van der Waals surface area contributed by atoms with Crippen molar-refractivity contribution in [3.63, 3.8) is 0 Å². The molecule has 0 aliphatic carbocycles. The number of amides is 1. The Morgan fingerprint density at radius 1 is 1.10 bits per heavy atom. The first-order valence-electron chi connectivity index (χ1n) is 9.13. The van der Waals surface area contributed by atoms with Gasteiger partial charge in [-0.25, -0.2) is 21.6 Å². The number of anilines is 1. The van der Waals surface area contributed by atoms with Crippen LogP contribution in [-0.2, 0) is 10.0 Å². The molecule has 12 heteroatoms. The number of hydrogen-bond donors (Lipinski definition) is 1. The maximum atomic E-state index is 14.1. The fraction of sp³-hybridized carbons (Fsp3) is 0.211. The molecule has 0 radical (unpaired) electrons. The van der Waals surface area contributed by atoms with Gasteiger partial charge in [0.25, 0.3) is 5.91 Å². The van der Waals surface area contributed by atoms with Crippen LogP contribution < -0.4 is 5.32 Å². The number of sulfonamides is 1. The number of halogens is 3. The topological polar surface area (TPSA) is 92.3 Å². The Bertz CT molecular complexity index is 1250. The van der Waals surface area contributed by atoms with Gasteiger partial charge in [0.1, 0.15) is 27.4 Å². The number of hydrogen-bond acceptors (Lipinski definition) is 6. The molecule has 162 valence electrons. The Labute approximate surface area is 179 Å². The van der Waals surface area contributed by atoms with Crippen molar-refractivity contribution in [3.05, 3.63) is 69.9 Å². The van der Waals surface area contributed by atoms with E-state index in [2.05, 4.69) is 15.5 Å². The third-order valence-electron chi connectivity index (χ3n) is 4.73. The zero-order valence-electron chi connectivity index (χ0n) is 15.8. The predicted octanol–water partition coefficient (Wildman–Crippen LogP) is 3.73. The van der Waals surface area contributed by atoms with Crippen LogP contribution >= 0.6 is 11.3 Å². The third kappa shape index (κ3) is 4.18. The van der Waals surface area contributed by atoms with Crippen LogP contribution in [0.5, 0.6) is 0 Å². The van der Waals surface area contributed by atoms with Crippen molar-refractivity contribution in [1.82, 2.24) is 14.5 Å². The molecule has 0 spiro atoms. The number of benzene rings is 2. The van der Waals surface area contributed by atoms with Crippen molar-refractivity contribution < 1.29 is 26.4 Å². The molecule has 0 unspecified atom stereocenters. The fourth-order valence-electron chi connectivity index (χ4n) is 3.28. The van der Waals surface area contributed by atoms with Crippen LogP contribution in [0.3, 0.4) is 0 Å². The molecule has 31 heavy (non-hydrogen) atoms. The predicted molar refractivity (Wildman–Crippen MR) is 106 cm³/mol. The highest BCUT2D eigenvalue weighted by molar-refractivity contribution is 7.89. The van der Waals surface area contributed by atoms with Crippen LogP contribution in [0.4, 0.5) is 18.9 Å². The van der Waals surface area contributed by atoms with Crippen molar-refractivity contribution in [2.24, 2.45) is 0 Å². The van der Waals surface area contributed by atoms with Gasteiger partial charge in [-0.05, 0) is 43.2 Å². The number of carbonyl (C=O) groups excluding carboxylic acids is 1. The van der Waals surface area contributed by atoms with E-state index in [0.717, 1.165) is 27.8 Å². The van der Waals surface area contributed by atoms with Gasteiger partial charge < -0.3 is 5.32 Å². The molecule has 1 aliphatic rings. The summed E-state index contributed by atoms with van der Waals surface area (Å²) in [6.45, 7) is 0.0826. The lowest BCUT2D eigenvalue weighted by Crippen LogP contribution is -2.31. The number of para-hydroxylation sites is 1. The maximum Gasteiger partial charge on any atom is 0.286 e. The van der Waals surface area contributed by atoms with Gasteiger partial charge in [-0.15, -0.1) is 10.2 Å². The van der Waals surface area contributed by atoms with Crippen molar-refractivity contribution in [2.75, 3.05) is 11.9 Å². The highest BCUT2D eigenvalue weighted by atomic mass is 32.2. The van der Waals surface area contributed by atoms with Gasteiger partial charge in [0.2, 0.25) is 15.0 Å². The van der Waals surface area contributed by atoms with E-state index in [1.165, 1.54) is 18.2 Å². The normalized spacial score (nSPS) is 17.1. The molecule has 0 bridgehead atoms. The number of nitrogens with zero attached hydrogens (tertiary/aromatic N) is 3. The lowest BCUT2D eigenvalue weighted by atomic mass is 10.2. The summed E-state index contributed by atoms with van der Waals surface area (Å²) in [5.74, 6) is -3.25. The van der Waals surface area contributed by atoms with Gasteiger partial charge in [-0.2, -0.15) is 4.31 Å². The van der Waals surface area contributed by atoms with Crippen molar-refractivity contribution in [1.29, 1.82) is 0 Å². The van der Waals surface area contributed by atoms with Crippen LogP contribution in [0, 0.1) is 17.5 Å². The average molecular weight is 468 g/mol. The average Bonchev–Trinajstić information content (AvgIpc) is 3.41. The highest BCUT2D eigenvalue weighted by Gasteiger charge is 2.39. The smallest absolute Gasteiger partial charge is 0.286 e. The molecule has 1 N–H and O–H groups in total. The van der Waals surface area contributed by atoms with Crippen molar-refractivity contribution in [3.8, 4) is 0 Å². The van der Waals surface area contributed by atoms with Crippen molar-refractivity contribution >= 4 is 33.0 Å². The summed E-state index contributed by atoms with van der Waals surface area (Å²) >= 11 is 0.855. The monoisotopic (exact) mass is 468 g/mol. The molecule has 1 fully saturated rings. The largest absolute Gasteiger partial charge is 0.317 e. The van der Waals surface area contributed by atoms with Gasteiger partial charge >= 0.3 is 0 Å². The number of rotatable bonds is 5. The first-order chi connectivity index (χ1) is 14.8. The number of carbonyl (C=O) groups is 1. The second-order valence-electron chi connectivity index (χ2n) is 6.73. The SMILES string of the molecule is O=C(Nc1ccccc1F)c1nnc([C@@H]2CCCN2S(=O)(=O)c2cc(F)ccc2F)s1. The Morgan fingerprint density at radius 3 is 2.65 bits per heavy atom. The summed E-state index contributed by atoms with van der Waals surface area (Å²) in [4.78, 5) is 11.6. The molecule has 4 rings (SSSR count). The second kappa shape index (κ2) is 8.36. The van der Waals surface area contributed by atoms with E-state index in [1.54, 1.807) is 6.07 Å². The summed E-state index contributed by atoms with van der Waals surface area (Å²) in [7, 11) is -4.35. The molecule has 1 aromatic heterocycles. The molecule has 1 aliphatic heterocycles. The van der Waals surface area contributed by atoms with Gasteiger partial charge in [0.15, 0.2) is 0 Å². The molecular weight excluding hydrogens is 453 g/mol. The number of aromatic nitrogens is 2. The summed E-state index contributed by atoms with van der Waals surface area (Å²) < 4.78 is 68.4. The number of nitrogens with one attached hydrogen (secondary N) is 1. The minimum atomic E-state index is -4.35. The Morgan fingerprint density at radius 2 is 1.87 bits per heavy atom. The van der Waals surface area contributed by atoms with Crippen molar-refractivity contribution in [2.45, 2.75) is 23.8 Å². The molecule has 2 heterocycles. The second-order valence-corrected chi connectivity index (χ2v) is 9.60. The van der Waals surface area contributed by atoms with Crippen LogP contribution in [0.2, 0.25) is 0 Å². The quantitative estimate of drug-likeness (QED) is 0.616. The Hall–Kier alpha value is -2.83. The summed E-state index contributed by atoms with van der Waals surface area (Å²) in [5.41, 5.74) is -0.0316. The molecule has 1 saturated heterocycles. The molecule has 3 aromatic rings. The maximum absolute atomic E-state index is 14.1. The lowest BCUT2D eigenvalue weighted by molar-refractivity contribution is 0.102. The van der Waals surface area contributed by atoms with E-state index < -0.39 is 44.3 Å². The van der Waals surface area contributed by atoms with Crippen LogP contribution in [-0.4, -0.2) is 35.4 Å². The van der Waals surface area contributed by atoms with E-state index >= 15 is 0 Å². The zero-order chi connectivity index (χ0) is 22.2. The van der Waals surface area contributed by atoms with Crippen LogP contribution in [0.1, 0.15) is 33.7 Å². The molecule has 2 aromatic carbocycles. The standard InChI is InChI=1S/C19H15F3N4O3S2/c20-11-7-8-13(22)16(10-11)31(28,29)26-9-3-6-15(26)18-24-25-19(30-18)17(27)23-14-5-2-1-4-12(14)21/h1-2,4-5,7-8,10,15H,3,6,9H2,(H,23,27)/t15-/m0/s1. The zero-order valence-corrected chi connectivity index (χ0v) is 17.4. The fourth-order valence-corrected chi connectivity index (χ4v) is 5.97.